The SMILES string of the molecule is O=S(=O)(NCCN1CCCCCC1)c1ccc(Cl)s1. The first-order valence-corrected chi connectivity index (χ1v) is 9.23. The van der Waals surface area contributed by atoms with Crippen LogP contribution in [0, 0.1) is 0 Å². The third-order valence-electron chi connectivity index (χ3n) is 3.23. The molecule has 0 amide bonds. The normalized spacial score (nSPS) is 18.4. The Labute approximate surface area is 123 Å². The Morgan fingerprint density at radius 1 is 1.21 bits per heavy atom. The lowest BCUT2D eigenvalue weighted by atomic mass is 10.2. The molecule has 108 valence electrons. The number of nitrogens with one attached hydrogen (secondary N) is 1. The van der Waals surface area contributed by atoms with Crippen molar-refractivity contribution in [2.45, 2.75) is 29.9 Å². The van der Waals surface area contributed by atoms with Crippen LogP contribution in [0.25, 0.3) is 0 Å². The molecule has 0 bridgehead atoms. The van der Waals surface area contributed by atoms with E-state index in [2.05, 4.69) is 9.62 Å². The van der Waals surface area contributed by atoms with Crippen molar-refractivity contribution in [3.8, 4) is 0 Å². The summed E-state index contributed by atoms with van der Waals surface area (Å²) in [5, 5.41) is 0. The van der Waals surface area contributed by atoms with Crippen molar-refractivity contribution in [3.05, 3.63) is 16.5 Å². The maximum absolute atomic E-state index is 12.0. The van der Waals surface area contributed by atoms with E-state index in [4.69, 9.17) is 11.6 Å². The highest BCUT2D eigenvalue weighted by Crippen LogP contribution is 2.25. The van der Waals surface area contributed by atoms with Crippen molar-refractivity contribution in [2.24, 2.45) is 0 Å². The van der Waals surface area contributed by atoms with Gasteiger partial charge >= 0.3 is 0 Å². The van der Waals surface area contributed by atoms with Crippen LogP contribution < -0.4 is 4.72 Å². The molecule has 2 rings (SSSR count). The number of rotatable bonds is 5. The van der Waals surface area contributed by atoms with Crippen LogP contribution in [0.2, 0.25) is 4.34 Å². The zero-order chi connectivity index (χ0) is 13.7. The minimum absolute atomic E-state index is 0.286. The summed E-state index contributed by atoms with van der Waals surface area (Å²) in [4.78, 5) is 2.33. The second-order valence-corrected chi connectivity index (χ2v) is 8.42. The summed E-state index contributed by atoms with van der Waals surface area (Å²) in [6.45, 7) is 3.38. The summed E-state index contributed by atoms with van der Waals surface area (Å²) in [5.74, 6) is 0. The average molecular weight is 323 g/mol. The maximum atomic E-state index is 12.0. The molecule has 19 heavy (non-hydrogen) atoms. The summed E-state index contributed by atoms with van der Waals surface area (Å²) < 4.78 is 27.4. The van der Waals surface area contributed by atoms with Gasteiger partial charge in [-0.3, -0.25) is 0 Å². The van der Waals surface area contributed by atoms with Crippen LogP contribution in [0.15, 0.2) is 16.3 Å². The fourth-order valence-corrected chi connectivity index (χ4v) is 4.76. The fourth-order valence-electron chi connectivity index (χ4n) is 2.21. The molecule has 1 aromatic rings. The molecule has 0 unspecified atom stereocenters. The van der Waals surface area contributed by atoms with Crippen LogP contribution in [0.4, 0.5) is 0 Å². The van der Waals surface area contributed by atoms with Crippen LogP contribution in [0.5, 0.6) is 0 Å². The van der Waals surface area contributed by atoms with Crippen molar-refractivity contribution >= 4 is 33.0 Å². The molecular formula is C12H19ClN2O2S2. The molecule has 1 aromatic heterocycles. The molecule has 0 aromatic carbocycles. The summed E-state index contributed by atoms with van der Waals surface area (Å²) in [7, 11) is -3.39. The Kier molecular flexibility index (Phi) is 5.65. The van der Waals surface area contributed by atoms with E-state index in [1.165, 1.54) is 25.7 Å². The fraction of sp³-hybridized carbons (Fsp3) is 0.667. The zero-order valence-electron chi connectivity index (χ0n) is 10.8. The molecule has 1 saturated heterocycles. The van der Waals surface area contributed by atoms with Gasteiger partial charge in [-0.15, -0.1) is 11.3 Å². The largest absolute Gasteiger partial charge is 0.302 e. The van der Waals surface area contributed by atoms with Crippen LogP contribution >= 0.6 is 22.9 Å². The molecule has 4 nitrogen and oxygen atoms in total. The third-order valence-corrected chi connectivity index (χ3v) is 6.42. The molecule has 7 heteroatoms. The van der Waals surface area contributed by atoms with Gasteiger partial charge in [-0.25, -0.2) is 13.1 Å². The number of thiophene rings is 1. The Balaban J connectivity index is 1.81. The monoisotopic (exact) mass is 322 g/mol. The first-order chi connectivity index (χ1) is 9.08. The molecule has 1 aliphatic heterocycles. The Morgan fingerprint density at radius 3 is 2.47 bits per heavy atom. The Hall–Kier alpha value is -0.140. The average Bonchev–Trinajstić information content (AvgIpc) is 2.64. The summed E-state index contributed by atoms with van der Waals surface area (Å²) in [6.07, 6.45) is 5.01. The standard InChI is InChI=1S/C12H19ClN2O2S2/c13-11-5-6-12(18-11)19(16,17)14-7-10-15-8-3-1-2-4-9-15/h5-6,14H,1-4,7-10H2. The van der Waals surface area contributed by atoms with Gasteiger partial charge in [0.15, 0.2) is 0 Å². The molecule has 0 saturated carbocycles. The number of likely N-dealkylation sites (tertiary alicyclic amines) is 1. The molecule has 0 aliphatic carbocycles. The first kappa shape index (κ1) is 15.3. The molecule has 2 heterocycles. The van der Waals surface area contributed by atoms with Gasteiger partial charge in [0.2, 0.25) is 10.0 Å². The number of nitrogens with zero attached hydrogens (tertiary/aromatic N) is 1. The van der Waals surface area contributed by atoms with Crippen molar-refractivity contribution in [2.75, 3.05) is 26.2 Å². The smallest absolute Gasteiger partial charge is 0.250 e. The summed E-state index contributed by atoms with van der Waals surface area (Å²) >= 11 is 6.84. The van der Waals surface area contributed by atoms with Gasteiger partial charge in [0.1, 0.15) is 4.21 Å². The number of halogens is 1. The minimum atomic E-state index is -3.39. The van der Waals surface area contributed by atoms with Gasteiger partial charge in [-0.05, 0) is 38.1 Å². The minimum Gasteiger partial charge on any atom is -0.302 e. The number of sulfonamides is 1. The molecule has 1 fully saturated rings. The number of hydrogen-bond acceptors (Lipinski definition) is 4. The van der Waals surface area contributed by atoms with Gasteiger partial charge < -0.3 is 4.90 Å². The lowest BCUT2D eigenvalue weighted by Crippen LogP contribution is -2.35. The van der Waals surface area contributed by atoms with Crippen molar-refractivity contribution in [1.82, 2.24) is 9.62 Å². The summed E-state index contributed by atoms with van der Waals surface area (Å²) in [6, 6.07) is 3.15. The van der Waals surface area contributed by atoms with Crippen molar-refractivity contribution in [3.63, 3.8) is 0 Å². The van der Waals surface area contributed by atoms with Gasteiger partial charge in [0.25, 0.3) is 0 Å². The molecule has 0 atom stereocenters. The van der Waals surface area contributed by atoms with Crippen LogP contribution in [-0.2, 0) is 10.0 Å². The quantitative estimate of drug-likeness (QED) is 0.906. The lowest BCUT2D eigenvalue weighted by Gasteiger charge is -2.19. The maximum Gasteiger partial charge on any atom is 0.250 e. The summed E-state index contributed by atoms with van der Waals surface area (Å²) in [5.41, 5.74) is 0. The second kappa shape index (κ2) is 7.04. The van der Waals surface area contributed by atoms with E-state index in [-0.39, 0.29) is 4.21 Å². The highest BCUT2D eigenvalue weighted by Gasteiger charge is 2.16. The lowest BCUT2D eigenvalue weighted by molar-refractivity contribution is 0.290. The molecular weight excluding hydrogens is 304 g/mol. The topological polar surface area (TPSA) is 49.4 Å². The molecule has 1 N–H and O–H groups in total. The van der Waals surface area contributed by atoms with E-state index in [1.54, 1.807) is 12.1 Å². The predicted molar refractivity (Wildman–Crippen MR) is 79.4 cm³/mol. The van der Waals surface area contributed by atoms with E-state index in [1.807, 2.05) is 0 Å². The Bertz CT molecular complexity index is 494. The Morgan fingerprint density at radius 2 is 1.89 bits per heavy atom. The van der Waals surface area contributed by atoms with E-state index in [0.717, 1.165) is 31.0 Å². The van der Waals surface area contributed by atoms with Crippen LogP contribution in [0.3, 0.4) is 0 Å². The molecule has 0 radical (unpaired) electrons. The highest BCUT2D eigenvalue weighted by molar-refractivity contribution is 7.91. The predicted octanol–water partition coefficient (Wildman–Crippen LogP) is 2.56. The van der Waals surface area contributed by atoms with Gasteiger partial charge in [-0.1, -0.05) is 24.4 Å². The van der Waals surface area contributed by atoms with E-state index < -0.39 is 10.0 Å². The van der Waals surface area contributed by atoms with E-state index in [0.29, 0.717) is 10.9 Å². The van der Waals surface area contributed by atoms with Crippen molar-refractivity contribution < 1.29 is 8.42 Å². The second-order valence-electron chi connectivity index (χ2n) is 4.71. The van der Waals surface area contributed by atoms with Crippen LogP contribution in [-0.4, -0.2) is 39.5 Å². The molecule has 0 spiro atoms. The highest BCUT2D eigenvalue weighted by atomic mass is 35.5. The first-order valence-electron chi connectivity index (χ1n) is 6.55. The van der Waals surface area contributed by atoms with E-state index in [9.17, 15) is 8.42 Å². The number of hydrogen-bond donors (Lipinski definition) is 1. The van der Waals surface area contributed by atoms with Crippen molar-refractivity contribution in [1.29, 1.82) is 0 Å². The van der Waals surface area contributed by atoms with Gasteiger partial charge in [-0.2, -0.15) is 0 Å². The molecule has 1 aliphatic rings. The van der Waals surface area contributed by atoms with Gasteiger partial charge in [0.05, 0.1) is 4.34 Å². The van der Waals surface area contributed by atoms with Crippen LogP contribution in [0.1, 0.15) is 25.7 Å². The third kappa shape index (κ3) is 4.72. The van der Waals surface area contributed by atoms with Gasteiger partial charge in [0, 0.05) is 13.1 Å². The zero-order valence-corrected chi connectivity index (χ0v) is 13.2. The van der Waals surface area contributed by atoms with E-state index >= 15 is 0 Å².